The molecule has 1 saturated carbocycles. The molecule has 2 saturated heterocycles. The summed E-state index contributed by atoms with van der Waals surface area (Å²) in [6.07, 6.45) is 4.34. The van der Waals surface area contributed by atoms with Crippen molar-refractivity contribution in [2.75, 3.05) is 32.9 Å². The predicted octanol–water partition coefficient (Wildman–Crippen LogP) is 1.27. The summed E-state index contributed by atoms with van der Waals surface area (Å²) < 4.78 is 16.1. The van der Waals surface area contributed by atoms with Crippen LogP contribution in [0.4, 0.5) is 4.79 Å². The third kappa shape index (κ3) is 5.42. The van der Waals surface area contributed by atoms with E-state index in [9.17, 15) is 14.4 Å². The van der Waals surface area contributed by atoms with Gasteiger partial charge < -0.3 is 24.4 Å². The van der Waals surface area contributed by atoms with E-state index in [1.54, 1.807) is 11.8 Å². The average molecular weight is 382 g/mol. The summed E-state index contributed by atoms with van der Waals surface area (Å²) in [7, 11) is 0. The molecule has 0 aromatic heterocycles. The molecule has 0 spiro atoms. The van der Waals surface area contributed by atoms with E-state index in [1.165, 1.54) is 6.42 Å². The molecule has 27 heavy (non-hydrogen) atoms. The third-order valence-electron chi connectivity index (χ3n) is 5.68. The molecular formula is C19H30N2O6. The number of hydrogen-bond donors (Lipinski definition) is 1. The Morgan fingerprint density at radius 3 is 2.56 bits per heavy atom. The van der Waals surface area contributed by atoms with Crippen molar-refractivity contribution in [1.29, 1.82) is 0 Å². The number of nitrogens with one attached hydrogen (secondary N) is 1. The zero-order chi connectivity index (χ0) is 19.2. The molecular weight excluding hydrogens is 352 g/mol. The molecule has 0 unspecified atom stereocenters. The molecule has 3 fully saturated rings. The molecule has 8 nitrogen and oxygen atoms in total. The number of rotatable bonds is 5. The van der Waals surface area contributed by atoms with Gasteiger partial charge in [-0.1, -0.05) is 32.1 Å². The van der Waals surface area contributed by atoms with Gasteiger partial charge in [0, 0.05) is 13.1 Å². The lowest BCUT2D eigenvalue weighted by atomic mass is 9.85. The predicted molar refractivity (Wildman–Crippen MR) is 96.2 cm³/mol. The molecule has 0 radical (unpaired) electrons. The monoisotopic (exact) mass is 382 g/mol. The Kier molecular flexibility index (Phi) is 7.07. The van der Waals surface area contributed by atoms with Crippen LogP contribution in [-0.4, -0.2) is 73.8 Å². The van der Waals surface area contributed by atoms with E-state index in [2.05, 4.69) is 5.32 Å². The van der Waals surface area contributed by atoms with Crippen LogP contribution >= 0.6 is 0 Å². The van der Waals surface area contributed by atoms with Crippen molar-refractivity contribution >= 4 is 17.8 Å². The minimum atomic E-state index is -0.885. The van der Waals surface area contributed by atoms with Gasteiger partial charge in [-0.25, -0.2) is 4.79 Å². The summed E-state index contributed by atoms with van der Waals surface area (Å²) in [5.41, 5.74) is 0. The number of carbonyl (C=O) groups excluding carboxylic acids is 3. The number of ketones is 1. The molecule has 2 amide bonds. The highest BCUT2D eigenvalue weighted by Gasteiger charge is 2.37. The number of carbonyl (C=O) groups is 3. The van der Waals surface area contributed by atoms with Crippen molar-refractivity contribution in [2.45, 2.75) is 63.7 Å². The Bertz CT molecular complexity index is 542. The van der Waals surface area contributed by atoms with Crippen molar-refractivity contribution in [3.05, 3.63) is 0 Å². The molecule has 152 valence electrons. The molecule has 2 aliphatic heterocycles. The number of hydrogen-bond acceptors (Lipinski definition) is 6. The third-order valence-corrected chi connectivity index (χ3v) is 5.68. The Morgan fingerprint density at radius 2 is 1.93 bits per heavy atom. The molecule has 3 rings (SSSR count). The van der Waals surface area contributed by atoms with Crippen molar-refractivity contribution in [3.63, 3.8) is 0 Å². The number of Topliss-reactive ketones (excluding diaryl/α,β-unsaturated/α-hetero) is 1. The number of ether oxygens (including phenoxy) is 3. The molecule has 0 aromatic rings. The van der Waals surface area contributed by atoms with Crippen LogP contribution in [0.1, 0.15) is 45.4 Å². The van der Waals surface area contributed by atoms with Gasteiger partial charge in [0.2, 0.25) is 0 Å². The molecule has 3 aliphatic rings. The maximum atomic E-state index is 12.8. The fourth-order valence-corrected chi connectivity index (χ4v) is 3.98. The minimum absolute atomic E-state index is 0.00692. The first-order valence-corrected chi connectivity index (χ1v) is 10.0. The second-order valence-electron chi connectivity index (χ2n) is 7.68. The van der Waals surface area contributed by atoms with Crippen molar-refractivity contribution in [3.8, 4) is 0 Å². The highest BCUT2D eigenvalue weighted by atomic mass is 16.6. The maximum Gasteiger partial charge on any atom is 0.410 e. The van der Waals surface area contributed by atoms with Gasteiger partial charge in [0.25, 0.3) is 5.91 Å². The molecule has 0 bridgehead atoms. The smallest absolute Gasteiger partial charge is 0.410 e. The van der Waals surface area contributed by atoms with Crippen molar-refractivity contribution < 1.29 is 28.6 Å². The van der Waals surface area contributed by atoms with Gasteiger partial charge in [0.05, 0.1) is 19.3 Å². The zero-order valence-electron chi connectivity index (χ0n) is 16.0. The Labute approximate surface area is 159 Å². The van der Waals surface area contributed by atoms with Gasteiger partial charge in [0.1, 0.15) is 12.6 Å². The first-order chi connectivity index (χ1) is 13.0. The van der Waals surface area contributed by atoms with Gasteiger partial charge in [-0.15, -0.1) is 0 Å². The van der Waals surface area contributed by atoms with Crippen LogP contribution in [0.2, 0.25) is 0 Å². The highest BCUT2D eigenvalue weighted by Crippen LogP contribution is 2.28. The van der Waals surface area contributed by atoms with E-state index < -0.39 is 24.1 Å². The van der Waals surface area contributed by atoms with Gasteiger partial charge in [0.15, 0.2) is 11.9 Å². The van der Waals surface area contributed by atoms with E-state index in [4.69, 9.17) is 14.2 Å². The van der Waals surface area contributed by atoms with E-state index in [0.717, 1.165) is 25.7 Å². The molecule has 1 aliphatic carbocycles. The van der Waals surface area contributed by atoms with Gasteiger partial charge in [-0.05, 0) is 19.3 Å². The average Bonchev–Trinajstić information content (AvgIpc) is 3.01. The second-order valence-corrected chi connectivity index (χ2v) is 7.68. The van der Waals surface area contributed by atoms with Crippen LogP contribution < -0.4 is 5.32 Å². The summed E-state index contributed by atoms with van der Waals surface area (Å²) in [6.45, 7) is 3.63. The van der Waals surface area contributed by atoms with E-state index in [0.29, 0.717) is 38.6 Å². The normalized spacial score (nSPS) is 28.0. The topological polar surface area (TPSA) is 94.2 Å². The van der Waals surface area contributed by atoms with E-state index in [1.807, 2.05) is 0 Å². The van der Waals surface area contributed by atoms with Crippen molar-refractivity contribution in [2.24, 2.45) is 5.92 Å². The molecule has 2 heterocycles. The van der Waals surface area contributed by atoms with Crippen LogP contribution in [0.5, 0.6) is 0 Å². The summed E-state index contributed by atoms with van der Waals surface area (Å²) in [4.78, 5) is 38.8. The standard InChI is InChI=1S/C19H30N2O6/c1-13-17(15(22)12-26-13)20-18(23)16(11-14-5-3-2-4-6-14)27-19(24)21-7-9-25-10-8-21/h13-14,16-17H,2-12H2,1H3,(H,20,23)/t13-,16+,17+/m0/s1. The minimum Gasteiger partial charge on any atom is -0.436 e. The van der Waals surface area contributed by atoms with Crippen LogP contribution in [0.15, 0.2) is 0 Å². The van der Waals surface area contributed by atoms with E-state index in [-0.39, 0.29) is 18.5 Å². The number of nitrogens with zero attached hydrogens (tertiary/aromatic N) is 1. The zero-order valence-corrected chi connectivity index (χ0v) is 16.0. The van der Waals surface area contributed by atoms with Gasteiger partial charge in [-0.2, -0.15) is 0 Å². The Balaban J connectivity index is 1.63. The summed E-state index contributed by atoms with van der Waals surface area (Å²) in [6, 6.07) is -0.673. The number of morpholine rings is 1. The molecule has 8 heteroatoms. The quantitative estimate of drug-likeness (QED) is 0.769. The van der Waals surface area contributed by atoms with Crippen LogP contribution in [0.25, 0.3) is 0 Å². The SMILES string of the molecule is C[C@@H]1OCC(=O)[C@@H]1NC(=O)[C@@H](CC1CCCCC1)OC(=O)N1CCOCC1. The Morgan fingerprint density at radius 1 is 1.22 bits per heavy atom. The molecule has 3 atom stereocenters. The summed E-state index contributed by atoms with van der Waals surface area (Å²) in [5.74, 6) is -0.190. The first-order valence-electron chi connectivity index (χ1n) is 10.0. The van der Waals surface area contributed by atoms with Crippen LogP contribution in [-0.2, 0) is 23.8 Å². The first kappa shape index (κ1) is 20.1. The van der Waals surface area contributed by atoms with Crippen LogP contribution in [0.3, 0.4) is 0 Å². The summed E-state index contributed by atoms with van der Waals surface area (Å²) in [5, 5.41) is 2.74. The van der Waals surface area contributed by atoms with E-state index >= 15 is 0 Å². The highest BCUT2D eigenvalue weighted by molar-refractivity contribution is 5.93. The largest absolute Gasteiger partial charge is 0.436 e. The lowest BCUT2D eigenvalue weighted by molar-refractivity contribution is -0.134. The molecule has 0 aromatic carbocycles. The van der Waals surface area contributed by atoms with Gasteiger partial charge >= 0.3 is 6.09 Å². The maximum absolute atomic E-state index is 12.8. The Hall–Kier alpha value is -1.67. The fourth-order valence-electron chi connectivity index (χ4n) is 3.98. The fraction of sp³-hybridized carbons (Fsp3) is 0.842. The lowest BCUT2D eigenvalue weighted by Crippen LogP contribution is -2.51. The molecule has 1 N–H and O–H groups in total. The van der Waals surface area contributed by atoms with Gasteiger partial charge in [-0.3, -0.25) is 9.59 Å². The summed E-state index contributed by atoms with van der Waals surface area (Å²) >= 11 is 0. The lowest BCUT2D eigenvalue weighted by Gasteiger charge is -2.30. The number of amides is 2. The van der Waals surface area contributed by atoms with Crippen molar-refractivity contribution in [1.82, 2.24) is 10.2 Å². The second kappa shape index (κ2) is 9.50. The van der Waals surface area contributed by atoms with Crippen LogP contribution in [0, 0.1) is 5.92 Å².